The van der Waals surface area contributed by atoms with Crippen LogP contribution in [0.2, 0.25) is 10.0 Å². The van der Waals surface area contributed by atoms with E-state index in [0.717, 1.165) is 11.4 Å². The minimum atomic E-state index is 0.120. The Balaban J connectivity index is 2.60. The number of hydrogen-bond donors (Lipinski definition) is 0. The van der Waals surface area contributed by atoms with Crippen molar-refractivity contribution >= 4 is 29.5 Å². The van der Waals surface area contributed by atoms with Crippen molar-refractivity contribution < 1.29 is 4.79 Å². The molecule has 0 saturated heterocycles. The van der Waals surface area contributed by atoms with E-state index in [9.17, 15) is 4.79 Å². The lowest BCUT2D eigenvalue weighted by atomic mass is 10.1. The maximum Gasteiger partial charge on any atom is 0.172 e. The number of nitrogens with zero attached hydrogens (tertiary/aromatic N) is 3. The quantitative estimate of drug-likeness (QED) is 0.810. The number of hydrogen-bond acceptors (Lipinski definition) is 3. The fourth-order valence-corrected chi connectivity index (χ4v) is 2.02. The molecule has 1 heterocycles. The molecule has 18 heavy (non-hydrogen) atoms. The van der Waals surface area contributed by atoms with Gasteiger partial charge in [0.25, 0.3) is 0 Å². The van der Waals surface area contributed by atoms with Gasteiger partial charge < -0.3 is 0 Å². The average molecular weight is 284 g/mol. The third kappa shape index (κ3) is 2.26. The molecule has 1 aromatic carbocycles. The van der Waals surface area contributed by atoms with Gasteiger partial charge >= 0.3 is 0 Å². The monoisotopic (exact) mass is 283 g/mol. The van der Waals surface area contributed by atoms with Crippen LogP contribution in [0, 0.1) is 0 Å². The first-order chi connectivity index (χ1) is 8.54. The molecule has 1 aromatic heterocycles. The summed E-state index contributed by atoms with van der Waals surface area (Å²) in [5.74, 6) is 0.120. The van der Waals surface area contributed by atoms with Gasteiger partial charge in [-0.25, -0.2) is 4.68 Å². The normalized spacial score (nSPS) is 10.9. The van der Waals surface area contributed by atoms with Crippen LogP contribution in [0.3, 0.4) is 0 Å². The van der Waals surface area contributed by atoms with Gasteiger partial charge in [-0.2, -0.15) is 0 Å². The van der Waals surface area contributed by atoms with E-state index in [1.165, 1.54) is 0 Å². The van der Waals surface area contributed by atoms with E-state index in [-0.39, 0.29) is 5.92 Å². The van der Waals surface area contributed by atoms with Crippen molar-refractivity contribution in [2.45, 2.75) is 19.8 Å². The van der Waals surface area contributed by atoms with Gasteiger partial charge in [0, 0.05) is 0 Å². The number of rotatable bonds is 3. The molecule has 0 spiro atoms. The Morgan fingerprint density at radius 1 is 1.28 bits per heavy atom. The summed E-state index contributed by atoms with van der Waals surface area (Å²) in [7, 11) is 0. The second kappa shape index (κ2) is 5.08. The van der Waals surface area contributed by atoms with Gasteiger partial charge in [-0.1, -0.05) is 42.3 Å². The van der Waals surface area contributed by atoms with Crippen molar-refractivity contribution in [2.24, 2.45) is 0 Å². The molecule has 0 amide bonds. The topological polar surface area (TPSA) is 47.8 Å². The summed E-state index contributed by atoms with van der Waals surface area (Å²) in [4.78, 5) is 10.9. The maximum atomic E-state index is 10.9. The largest absolute Gasteiger partial charge is 0.296 e. The molecule has 0 atom stereocenters. The van der Waals surface area contributed by atoms with Crippen LogP contribution in [0.15, 0.2) is 18.2 Å². The van der Waals surface area contributed by atoms with Crippen molar-refractivity contribution in [3.05, 3.63) is 39.6 Å². The summed E-state index contributed by atoms with van der Waals surface area (Å²) in [6.07, 6.45) is 0.705. The van der Waals surface area contributed by atoms with E-state index in [0.29, 0.717) is 22.0 Å². The van der Waals surface area contributed by atoms with Crippen molar-refractivity contribution in [1.82, 2.24) is 15.0 Å². The molecule has 2 aromatic rings. The molecule has 0 saturated carbocycles. The van der Waals surface area contributed by atoms with Crippen LogP contribution in [-0.2, 0) is 0 Å². The van der Waals surface area contributed by atoms with Crippen LogP contribution in [0.5, 0.6) is 0 Å². The van der Waals surface area contributed by atoms with E-state index in [4.69, 9.17) is 23.2 Å². The number of halogens is 2. The Kier molecular flexibility index (Phi) is 3.68. The van der Waals surface area contributed by atoms with Crippen molar-refractivity contribution in [2.75, 3.05) is 0 Å². The Labute approximate surface area is 115 Å². The van der Waals surface area contributed by atoms with E-state index in [1.807, 2.05) is 13.8 Å². The van der Waals surface area contributed by atoms with E-state index in [1.54, 1.807) is 22.9 Å². The zero-order valence-corrected chi connectivity index (χ0v) is 11.4. The summed E-state index contributed by atoms with van der Waals surface area (Å²) in [6, 6.07) is 5.16. The molecular weight excluding hydrogens is 273 g/mol. The molecule has 2 rings (SSSR count). The second-order valence-corrected chi connectivity index (χ2v) is 4.96. The lowest BCUT2D eigenvalue weighted by Crippen LogP contribution is -2.05. The highest BCUT2D eigenvalue weighted by atomic mass is 35.5. The zero-order chi connectivity index (χ0) is 13.3. The molecule has 0 N–H and O–H groups in total. The lowest BCUT2D eigenvalue weighted by molar-refractivity contribution is 0.111. The standard InChI is InChI=1S/C12H11Cl2N3O/c1-7(2)12-11(6-18)15-16-17(12)8-3-4-9(13)10(14)5-8/h3-7H,1-2H3. The van der Waals surface area contributed by atoms with Gasteiger partial charge in [-0.15, -0.1) is 5.10 Å². The van der Waals surface area contributed by atoms with Gasteiger partial charge in [0.2, 0.25) is 0 Å². The minimum absolute atomic E-state index is 0.120. The molecule has 0 radical (unpaired) electrons. The van der Waals surface area contributed by atoms with Gasteiger partial charge in [-0.05, 0) is 24.1 Å². The molecule has 0 aliphatic heterocycles. The summed E-state index contributed by atoms with van der Waals surface area (Å²) in [5.41, 5.74) is 1.83. The summed E-state index contributed by atoms with van der Waals surface area (Å²) in [6.45, 7) is 3.94. The molecule has 0 fully saturated rings. The Morgan fingerprint density at radius 2 is 2.00 bits per heavy atom. The van der Waals surface area contributed by atoms with Crippen molar-refractivity contribution in [3.8, 4) is 5.69 Å². The third-order valence-corrected chi connectivity index (χ3v) is 3.28. The zero-order valence-electron chi connectivity index (χ0n) is 9.89. The maximum absolute atomic E-state index is 10.9. The predicted molar refractivity (Wildman–Crippen MR) is 70.9 cm³/mol. The molecule has 0 aliphatic rings. The highest BCUT2D eigenvalue weighted by Crippen LogP contribution is 2.26. The SMILES string of the molecule is CC(C)c1c(C=O)nnn1-c1ccc(Cl)c(Cl)c1. The molecule has 4 nitrogen and oxygen atoms in total. The highest BCUT2D eigenvalue weighted by Gasteiger charge is 2.17. The van der Waals surface area contributed by atoms with E-state index in [2.05, 4.69) is 10.3 Å². The molecule has 0 unspecified atom stereocenters. The molecule has 94 valence electrons. The first-order valence-electron chi connectivity index (χ1n) is 5.40. The minimum Gasteiger partial charge on any atom is -0.296 e. The molecule has 0 aliphatic carbocycles. The summed E-state index contributed by atoms with van der Waals surface area (Å²) in [5, 5.41) is 8.75. The molecular formula is C12H11Cl2N3O. The van der Waals surface area contributed by atoms with Gasteiger partial charge in [0.15, 0.2) is 6.29 Å². The van der Waals surface area contributed by atoms with Gasteiger partial charge in [0.1, 0.15) is 5.69 Å². The average Bonchev–Trinajstić information content (AvgIpc) is 2.76. The highest BCUT2D eigenvalue weighted by molar-refractivity contribution is 6.42. The number of aromatic nitrogens is 3. The Bertz CT molecular complexity index is 593. The number of carbonyl (C=O) groups excluding carboxylic acids is 1. The van der Waals surface area contributed by atoms with Gasteiger partial charge in [-0.3, -0.25) is 4.79 Å². The summed E-state index contributed by atoms with van der Waals surface area (Å²) >= 11 is 11.8. The molecule has 6 heteroatoms. The number of carbonyl (C=O) groups is 1. The van der Waals surface area contributed by atoms with Crippen LogP contribution in [0.25, 0.3) is 5.69 Å². The van der Waals surface area contributed by atoms with Gasteiger partial charge in [0.05, 0.1) is 21.4 Å². The Morgan fingerprint density at radius 3 is 2.56 bits per heavy atom. The van der Waals surface area contributed by atoms with Crippen LogP contribution < -0.4 is 0 Å². The predicted octanol–water partition coefficient (Wildman–Crippen LogP) is 3.51. The second-order valence-electron chi connectivity index (χ2n) is 4.14. The van der Waals surface area contributed by atoms with E-state index >= 15 is 0 Å². The van der Waals surface area contributed by atoms with Crippen molar-refractivity contribution in [3.63, 3.8) is 0 Å². The fourth-order valence-electron chi connectivity index (χ4n) is 1.73. The van der Waals surface area contributed by atoms with Crippen LogP contribution in [-0.4, -0.2) is 21.3 Å². The molecule has 0 bridgehead atoms. The van der Waals surface area contributed by atoms with Crippen LogP contribution in [0.1, 0.15) is 35.9 Å². The summed E-state index contributed by atoms with van der Waals surface area (Å²) < 4.78 is 1.61. The number of benzene rings is 1. The first-order valence-corrected chi connectivity index (χ1v) is 6.16. The number of aldehydes is 1. The van der Waals surface area contributed by atoms with Crippen LogP contribution in [0.4, 0.5) is 0 Å². The smallest absolute Gasteiger partial charge is 0.172 e. The van der Waals surface area contributed by atoms with Crippen LogP contribution >= 0.6 is 23.2 Å². The fraction of sp³-hybridized carbons (Fsp3) is 0.250. The lowest BCUT2D eigenvalue weighted by Gasteiger charge is -2.10. The first kappa shape index (κ1) is 13.1. The Hall–Kier alpha value is -1.39. The van der Waals surface area contributed by atoms with Crippen molar-refractivity contribution in [1.29, 1.82) is 0 Å². The van der Waals surface area contributed by atoms with E-state index < -0.39 is 0 Å². The third-order valence-electron chi connectivity index (χ3n) is 2.54.